The summed E-state index contributed by atoms with van der Waals surface area (Å²) in [4.78, 5) is 2.50. The minimum absolute atomic E-state index is 0.106. The molecule has 0 aromatic heterocycles. The first-order valence-electron chi connectivity index (χ1n) is 9.21. The van der Waals surface area contributed by atoms with Gasteiger partial charge in [0.25, 0.3) is 0 Å². The van der Waals surface area contributed by atoms with Crippen LogP contribution in [0.25, 0.3) is 0 Å². The van der Waals surface area contributed by atoms with Gasteiger partial charge < -0.3 is 10.1 Å². The van der Waals surface area contributed by atoms with E-state index in [9.17, 15) is 4.39 Å². The Morgan fingerprint density at radius 1 is 1.08 bits per heavy atom. The average Bonchev–Trinajstić information content (AvgIpc) is 2.68. The number of rotatable bonds is 4. The normalized spacial score (nSPS) is 22.4. The van der Waals surface area contributed by atoms with Crippen molar-refractivity contribution < 1.29 is 9.13 Å². The Kier molecular flexibility index (Phi) is 5.11. The monoisotopic (exact) mass is 340 g/mol. The Balaban J connectivity index is 1.61. The molecule has 2 aliphatic rings. The van der Waals surface area contributed by atoms with Crippen LogP contribution in [0.1, 0.15) is 35.3 Å². The maximum absolute atomic E-state index is 13.4. The van der Waals surface area contributed by atoms with E-state index in [2.05, 4.69) is 34.5 Å². The molecule has 0 aliphatic carbocycles. The maximum Gasteiger partial charge on any atom is 0.123 e. The van der Waals surface area contributed by atoms with Crippen molar-refractivity contribution in [3.63, 3.8) is 0 Å². The molecule has 0 radical (unpaired) electrons. The average molecular weight is 340 g/mol. The molecular formula is C21H25FN2O. The predicted octanol–water partition coefficient (Wildman–Crippen LogP) is 3.48. The summed E-state index contributed by atoms with van der Waals surface area (Å²) in [5.74, 6) is -0.179. The van der Waals surface area contributed by atoms with Gasteiger partial charge in [-0.15, -0.1) is 0 Å². The quantitative estimate of drug-likeness (QED) is 0.922. The molecule has 25 heavy (non-hydrogen) atoms. The van der Waals surface area contributed by atoms with E-state index in [1.54, 1.807) is 12.1 Å². The zero-order valence-corrected chi connectivity index (χ0v) is 14.5. The summed E-state index contributed by atoms with van der Waals surface area (Å²) in [6, 6.07) is 15.8. The summed E-state index contributed by atoms with van der Waals surface area (Å²) in [5, 5.41) is 3.42. The number of nitrogens with one attached hydrogen (secondary N) is 1. The molecule has 4 rings (SSSR count). The third-order valence-corrected chi connectivity index (χ3v) is 5.38. The van der Waals surface area contributed by atoms with Crippen LogP contribution in [0, 0.1) is 5.82 Å². The van der Waals surface area contributed by atoms with Crippen LogP contribution in [0.3, 0.4) is 0 Å². The molecule has 2 heterocycles. The molecule has 0 spiro atoms. The van der Waals surface area contributed by atoms with Gasteiger partial charge in [-0.1, -0.05) is 36.4 Å². The van der Waals surface area contributed by atoms with Crippen molar-refractivity contribution in [3.8, 4) is 0 Å². The van der Waals surface area contributed by atoms with Crippen molar-refractivity contribution >= 4 is 0 Å². The third-order valence-electron chi connectivity index (χ3n) is 5.38. The van der Waals surface area contributed by atoms with Gasteiger partial charge in [0.1, 0.15) is 5.82 Å². The Bertz CT molecular complexity index is 697. The first-order chi connectivity index (χ1) is 12.3. The van der Waals surface area contributed by atoms with E-state index in [0.29, 0.717) is 0 Å². The third kappa shape index (κ3) is 3.76. The zero-order chi connectivity index (χ0) is 17.1. The summed E-state index contributed by atoms with van der Waals surface area (Å²) in [6.45, 7) is 4.80. The fourth-order valence-corrected chi connectivity index (χ4v) is 4.05. The first-order valence-corrected chi connectivity index (χ1v) is 9.21. The summed E-state index contributed by atoms with van der Waals surface area (Å²) >= 11 is 0. The van der Waals surface area contributed by atoms with E-state index in [1.807, 2.05) is 12.1 Å². The number of fused-ring (bicyclic) bond motifs is 1. The standard InChI is InChI=1S/C21H25FN2O/c22-18-7-5-17(6-8-18)20(24-12-10-23-11-13-24)15-21-19-4-2-1-3-16(19)9-14-25-21/h1-8,20-21,23H,9-15H2. The van der Waals surface area contributed by atoms with Crippen LogP contribution in [0.4, 0.5) is 4.39 Å². The molecular weight excluding hydrogens is 315 g/mol. The lowest BCUT2D eigenvalue weighted by Gasteiger charge is -2.38. The number of halogens is 1. The van der Waals surface area contributed by atoms with Crippen LogP contribution in [-0.4, -0.2) is 37.7 Å². The number of benzene rings is 2. The van der Waals surface area contributed by atoms with Gasteiger partial charge in [-0.2, -0.15) is 0 Å². The van der Waals surface area contributed by atoms with Crippen molar-refractivity contribution in [3.05, 3.63) is 71.0 Å². The molecule has 1 N–H and O–H groups in total. The maximum atomic E-state index is 13.4. The highest BCUT2D eigenvalue weighted by molar-refractivity contribution is 5.31. The number of piperazine rings is 1. The largest absolute Gasteiger partial charge is 0.373 e. The lowest BCUT2D eigenvalue weighted by molar-refractivity contribution is 0.0119. The first kappa shape index (κ1) is 16.7. The molecule has 4 heteroatoms. The molecule has 0 saturated carbocycles. The highest BCUT2D eigenvalue weighted by Crippen LogP contribution is 2.37. The van der Waals surface area contributed by atoms with Gasteiger partial charge >= 0.3 is 0 Å². The van der Waals surface area contributed by atoms with Gasteiger partial charge in [-0.3, -0.25) is 4.90 Å². The Morgan fingerprint density at radius 3 is 2.64 bits per heavy atom. The number of ether oxygens (including phenoxy) is 1. The lowest BCUT2D eigenvalue weighted by Crippen LogP contribution is -2.45. The van der Waals surface area contributed by atoms with Crippen molar-refractivity contribution in [1.82, 2.24) is 10.2 Å². The molecule has 2 unspecified atom stereocenters. The Hall–Kier alpha value is -1.75. The second kappa shape index (κ2) is 7.65. The predicted molar refractivity (Wildman–Crippen MR) is 97.0 cm³/mol. The highest BCUT2D eigenvalue weighted by Gasteiger charge is 2.29. The van der Waals surface area contributed by atoms with Crippen molar-refractivity contribution in [1.29, 1.82) is 0 Å². The number of hydrogen-bond donors (Lipinski definition) is 1. The molecule has 2 aromatic carbocycles. The minimum atomic E-state index is -0.179. The van der Waals surface area contributed by atoms with Crippen LogP contribution >= 0.6 is 0 Å². The van der Waals surface area contributed by atoms with Crippen LogP contribution in [0.2, 0.25) is 0 Å². The summed E-state index contributed by atoms with van der Waals surface area (Å²) in [5.41, 5.74) is 3.89. The van der Waals surface area contributed by atoms with Gasteiger partial charge in [0.15, 0.2) is 0 Å². The second-order valence-corrected chi connectivity index (χ2v) is 6.90. The van der Waals surface area contributed by atoms with Crippen LogP contribution < -0.4 is 5.32 Å². The molecule has 1 saturated heterocycles. The molecule has 2 atom stereocenters. The number of nitrogens with zero attached hydrogens (tertiary/aromatic N) is 1. The Morgan fingerprint density at radius 2 is 1.84 bits per heavy atom. The smallest absolute Gasteiger partial charge is 0.123 e. The molecule has 0 bridgehead atoms. The molecule has 2 aliphatic heterocycles. The van der Waals surface area contributed by atoms with Crippen molar-refractivity contribution in [2.24, 2.45) is 0 Å². The van der Waals surface area contributed by atoms with Crippen molar-refractivity contribution in [2.75, 3.05) is 32.8 Å². The fourth-order valence-electron chi connectivity index (χ4n) is 4.05. The highest BCUT2D eigenvalue weighted by atomic mass is 19.1. The van der Waals surface area contributed by atoms with Gasteiger partial charge in [0.2, 0.25) is 0 Å². The summed E-state index contributed by atoms with van der Waals surface area (Å²) in [6.07, 6.45) is 2.00. The topological polar surface area (TPSA) is 24.5 Å². The second-order valence-electron chi connectivity index (χ2n) is 6.90. The van der Waals surface area contributed by atoms with E-state index in [4.69, 9.17) is 4.74 Å². The van der Waals surface area contributed by atoms with Crippen molar-refractivity contribution in [2.45, 2.75) is 25.0 Å². The fraction of sp³-hybridized carbons (Fsp3) is 0.429. The van der Waals surface area contributed by atoms with Crippen LogP contribution in [0.15, 0.2) is 48.5 Å². The minimum Gasteiger partial charge on any atom is -0.373 e. The van der Waals surface area contributed by atoms with E-state index in [1.165, 1.54) is 16.7 Å². The van der Waals surface area contributed by atoms with E-state index in [-0.39, 0.29) is 18.0 Å². The molecule has 132 valence electrons. The van der Waals surface area contributed by atoms with E-state index < -0.39 is 0 Å². The van der Waals surface area contributed by atoms with Crippen LogP contribution in [0.5, 0.6) is 0 Å². The molecule has 2 aromatic rings. The van der Waals surface area contributed by atoms with Gasteiger partial charge in [0, 0.05) is 32.2 Å². The SMILES string of the molecule is Fc1ccc(C(CC2OCCc3ccccc32)N2CCNCC2)cc1. The number of hydrogen-bond acceptors (Lipinski definition) is 3. The van der Waals surface area contributed by atoms with Gasteiger partial charge in [0.05, 0.1) is 12.7 Å². The zero-order valence-electron chi connectivity index (χ0n) is 14.5. The van der Waals surface area contributed by atoms with E-state index >= 15 is 0 Å². The molecule has 3 nitrogen and oxygen atoms in total. The van der Waals surface area contributed by atoms with Gasteiger partial charge in [-0.25, -0.2) is 4.39 Å². The Labute approximate surface area is 148 Å². The molecule has 1 fully saturated rings. The lowest BCUT2D eigenvalue weighted by atomic mass is 9.90. The summed E-state index contributed by atoms with van der Waals surface area (Å²) < 4.78 is 19.6. The van der Waals surface area contributed by atoms with Crippen LogP contribution in [-0.2, 0) is 11.2 Å². The van der Waals surface area contributed by atoms with Gasteiger partial charge in [-0.05, 0) is 41.7 Å². The summed E-state index contributed by atoms with van der Waals surface area (Å²) in [7, 11) is 0. The molecule has 0 amide bonds. The van der Waals surface area contributed by atoms with E-state index in [0.717, 1.165) is 45.6 Å².